The number of benzene rings is 7. The Morgan fingerprint density at radius 3 is 1.14 bits per heavy atom. The Morgan fingerprint density at radius 1 is 0.316 bits per heavy atom. The third-order valence-corrected chi connectivity index (χ3v) is 16.9. The molecule has 376 valence electrons. The Balaban J connectivity index is 1.03. The van der Waals surface area contributed by atoms with Gasteiger partial charge in [0.2, 0.25) is 0 Å². The molecule has 3 nitrogen and oxygen atoms in total. The molecule has 0 aliphatic heterocycles. The summed E-state index contributed by atoms with van der Waals surface area (Å²) in [5.74, 6) is 0.758. The fourth-order valence-electron chi connectivity index (χ4n) is 11.6. The van der Waals surface area contributed by atoms with Crippen molar-refractivity contribution in [1.29, 1.82) is 0 Å². The van der Waals surface area contributed by atoms with E-state index in [-0.39, 0.29) is 28.6 Å². The molecule has 0 bridgehead atoms. The minimum atomic E-state index is 0.0252. The highest BCUT2D eigenvalue weighted by Crippen LogP contribution is 2.54. The fraction of sp³-hybridized carbons (Fsp3) is 0.197. The van der Waals surface area contributed by atoms with Gasteiger partial charge in [0, 0.05) is 44.2 Å². The van der Waals surface area contributed by atoms with E-state index in [1.54, 1.807) is 0 Å². The molecule has 3 aromatic heterocycles. The first-order valence-corrected chi connectivity index (χ1v) is 28.3. The van der Waals surface area contributed by atoms with E-state index in [2.05, 4.69) is 268 Å². The lowest BCUT2D eigenvalue weighted by Gasteiger charge is -2.38. The lowest BCUT2D eigenvalue weighted by Crippen LogP contribution is -2.21. The quantitative estimate of drug-likeness (QED) is 0.137. The van der Waals surface area contributed by atoms with Gasteiger partial charge in [-0.05, 0) is 175 Å². The van der Waals surface area contributed by atoms with Crippen molar-refractivity contribution in [2.45, 2.75) is 89.4 Å². The molecule has 1 aliphatic rings. The van der Waals surface area contributed by atoms with Crippen LogP contribution in [0.2, 0.25) is 0 Å². The largest absolute Gasteiger partial charge is 0.256 e. The molecule has 2 unspecified atom stereocenters. The summed E-state index contributed by atoms with van der Waals surface area (Å²) in [6.07, 6.45) is 8.80. The van der Waals surface area contributed by atoms with Crippen molar-refractivity contribution in [2.75, 3.05) is 0 Å². The molecule has 76 heavy (non-hydrogen) atoms. The highest BCUT2D eigenvalue weighted by Gasteiger charge is 2.35. The van der Waals surface area contributed by atoms with Crippen LogP contribution < -0.4 is 0 Å². The van der Waals surface area contributed by atoms with Crippen LogP contribution in [0.25, 0.3) is 78.3 Å². The molecule has 0 spiro atoms. The molecule has 1 saturated carbocycles. The number of pyridine rings is 3. The molecule has 0 amide bonds. The maximum atomic E-state index is 4.84. The Labute approximate surface area is 466 Å². The van der Waals surface area contributed by atoms with E-state index < -0.39 is 0 Å². The summed E-state index contributed by atoms with van der Waals surface area (Å²) >= 11 is 8.22. The first-order chi connectivity index (χ1) is 36.8. The molecule has 3 heterocycles. The van der Waals surface area contributed by atoms with Crippen molar-refractivity contribution in [3.8, 4) is 78.3 Å². The summed E-state index contributed by atoms with van der Waals surface area (Å²) in [5, 5.41) is 0. The van der Waals surface area contributed by atoms with E-state index >= 15 is 0 Å². The average molecular weight is 1120 g/mol. The zero-order valence-corrected chi connectivity index (χ0v) is 47.4. The van der Waals surface area contributed by atoms with Gasteiger partial charge in [0.15, 0.2) is 0 Å². The van der Waals surface area contributed by atoms with Gasteiger partial charge >= 0.3 is 0 Å². The van der Waals surface area contributed by atoms with Crippen molar-refractivity contribution in [2.24, 2.45) is 0 Å². The van der Waals surface area contributed by atoms with E-state index in [4.69, 9.17) is 15.0 Å². The highest BCUT2D eigenvalue weighted by atomic mass is 79.9. The third kappa shape index (κ3) is 10.7. The zero-order chi connectivity index (χ0) is 52.6. The molecule has 0 N–H and O–H groups in total. The van der Waals surface area contributed by atoms with Gasteiger partial charge in [0.1, 0.15) is 0 Å². The number of nitrogens with zero attached hydrogens (tertiary/aromatic N) is 3. The van der Waals surface area contributed by atoms with E-state index in [0.717, 1.165) is 62.0 Å². The molecule has 0 radical (unpaired) electrons. The van der Waals surface area contributed by atoms with E-state index in [1.807, 2.05) is 24.7 Å². The SMILES string of the molecule is CC(C)(C)c1ccnc(-c2ccc(-c3ccccc3C3CC(c4ccccc4-c4ccc(-c5cc(C(C)(C)C)ccn5)cc4Br)CC(c4ccccc4-c4ccc(-c5ccccn5)cc4-c4ccccc4)C3)c(Br)c2)c1. The highest BCUT2D eigenvalue weighted by molar-refractivity contribution is 9.11. The van der Waals surface area contributed by atoms with Gasteiger partial charge in [-0.2, -0.15) is 0 Å². The lowest BCUT2D eigenvalue weighted by molar-refractivity contribution is 0.353. The Morgan fingerprint density at radius 2 is 0.711 bits per heavy atom. The van der Waals surface area contributed by atoms with Crippen LogP contribution in [0.3, 0.4) is 0 Å². The summed E-state index contributed by atoms with van der Waals surface area (Å²) in [5.41, 5.74) is 22.8. The fourth-order valence-corrected chi connectivity index (χ4v) is 12.8. The van der Waals surface area contributed by atoms with Crippen LogP contribution in [-0.2, 0) is 10.8 Å². The van der Waals surface area contributed by atoms with Crippen molar-refractivity contribution in [1.82, 2.24) is 15.0 Å². The van der Waals surface area contributed by atoms with Crippen molar-refractivity contribution >= 4 is 31.9 Å². The number of hydrogen-bond acceptors (Lipinski definition) is 3. The summed E-state index contributed by atoms with van der Waals surface area (Å²) in [7, 11) is 0. The first-order valence-electron chi connectivity index (χ1n) is 26.7. The predicted octanol–water partition coefficient (Wildman–Crippen LogP) is 20.5. The average Bonchev–Trinajstić information content (AvgIpc) is 3.45. The van der Waals surface area contributed by atoms with Crippen LogP contribution in [0.4, 0.5) is 0 Å². The summed E-state index contributed by atoms with van der Waals surface area (Å²) in [6.45, 7) is 13.5. The molecule has 0 saturated heterocycles. The monoisotopic (exact) mass is 1120 g/mol. The van der Waals surface area contributed by atoms with Gasteiger partial charge in [-0.1, -0.05) is 219 Å². The van der Waals surface area contributed by atoms with Gasteiger partial charge in [-0.3, -0.25) is 15.0 Å². The van der Waals surface area contributed by atoms with E-state index in [9.17, 15) is 0 Å². The second-order valence-corrected chi connectivity index (χ2v) is 24.4. The van der Waals surface area contributed by atoms with E-state index in [0.29, 0.717) is 0 Å². The lowest BCUT2D eigenvalue weighted by atomic mass is 9.66. The van der Waals surface area contributed by atoms with Gasteiger partial charge in [0.25, 0.3) is 0 Å². The standard InChI is InChI=1S/C71H63Br2N3/c1-70(2,3)53-33-36-75-68(44-53)48-28-31-62(65(72)42-48)59-24-14-11-21-56(59)51-38-50(55-20-10-13-23-58(55)61-30-27-47(67-26-16-17-35-74-67)41-64(61)46-18-8-7-9-19-46)39-52(40-51)57-22-12-15-25-60(57)63-32-29-49(43-66(63)73)69-45-54(34-37-76-69)71(4,5)6/h7-37,41-45,50-52H,38-40H2,1-6H3. The predicted molar refractivity (Wildman–Crippen MR) is 326 cm³/mol. The van der Waals surface area contributed by atoms with Gasteiger partial charge in [0.05, 0.1) is 17.1 Å². The van der Waals surface area contributed by atoms with Crippen LogP contribution in [0.15, 0.2) is 228 Å². The normalized spacial score (nSPS) is 15.9. The van der Waals surface area contributed by atoms with Crippen LogP contribution >= 0.6 is 31.9 Å². The van der Waals surface area contributed by atoms with Gasteiger partial charge in [-0.15, -0.1) is 0 Å². The molecular formula is C71H63Br2N3. The van der Waals surface area contributed by atoms with Crippen LogP contribution in [0, 0.1) is 0 Å². The van der Waals surface area contributed by atoms with E-state index in [1.165, 1.54) is 72.3 Å². The third-order valence-electron chi connectivity index (χ3n) is 15.6. The van der Waals surface area contributed by atoms with Crippen LogP contribution in [0.1, 0.15) is 106 Å². The number of halogens is 2. The Hall–Kier alpha value is -7.05. The van der Waals surface area contributed by atoms with Crippen molar-refractivity contribution in [3.63, 3.8) is 0 Å². The topological polar surface area (TPSA) is 38.7 Å². The maximum Gasteiger partial charge on any atom is 0.0705 e. The summed E-state index contributed by atoms with van der Waals surface area (Å²) in [6, 6.07) is 73.8. The zero-order valence-electron chi connectivity index (χ0n) is 44.2. The minimum absolute atomic E-state index is 0.0252. The first kappa shape index (κ1) is 51.1. The molecular weight excluding hydrogens is 1050 g/mol. The number of aromatic nitrogens is 3. The molecule has 1 fully saturated rings. The second-order valence-electron chi connectivity index (χ2n) is 22.6. The van der Waals surface area contributed by atoms with Crippen molar-refractivity contribution < 1.29 is 0 Å². The molecule has 10 aromatic rings. The number of rotatable bonds is 10. The molecule has 1 aliphatic carbocycles. The van der Waals surface area contributed by atoms with Gasteiger partial charge < -0.3 is 0 Å². The summed E-state index contributed by atoms with van der Waals surface area (Å²) in [4.78, 5) is 14.4. The van der Waals surface area contributed by atoms with Crippen molar-refractivity contribution in [3.05, 3.63) is 256 Å². The number of hydrogen-bond donors (Lipinski definition) is 0. The molecule has 2 atom stereocenters. The summed E-state index contributed by atoms with van der Waals surface area (Å²) < 4.78 is 2.13. The Bertz CT molecular complexity index is 3540. The molecule has 11 rings (SSSR count). The minimum Gasteiger partial charge on any atom is -0.256 e. The molecule has 5 heteroatoms. The second kappa shape index (κ2) is 21.5. The smallest absolute Gasteiger partial charge is 0.0705 e. The maximum absolute atomic E-state index is 4.84. The van der Waals surface area contributed by atoms with Gasteiger partial charge in [-0.25, -0.2) is 0 Å². The van der Waals surface area contributed by atoms with Crippen LogP contribution in [-0.4, -0.2) is 15.0 Å². The Kier molecular flexibility index (Phi) is 14.5. The molecule has 7 aromatic carbocycles. The van der Waals surface area contributed by atoms with Crippen LogP contribution in [0.5, 0.6) is 0 Å².